The fourth-order valence-corrected chi connectivity index (χ4v) is 3.16. The van der Waals surface area contributed by atoms with Gasteiger partial charge in [-0.05, 0) is 6.07 Å². The first-order valence-corrected chi connectivity index (χ1v) is 5.96. The molecule has 1 heterocycles. The highest BCUT2D eigenvalue weighted by Gasteiger charge is 2.32. The van der Waals surface area contributed by atoms with E-state index < -0.39 is 15.8 Å². The molecule has 0 saturated heterocycles. The molecule has 0 atom stereocenters. The molecule has 0 aromatic heterocycles. The molecule has 0 amide bonds. The van der Waals surface area contributed by atoms with E-state index in [1.807, 2.05) is 0 Å². The SMILES string of the molecule is COC(=O)C1=CS(=O)(=O)c2c(N)cccc21. The van der Waals surface area contributed by atoms with Gasteiger partial charge in [0, 0.05) is 5.56 Å². The minimum absolute atomic E-state index is 0.0181. The molecule has 84 valence electrons. The number of anilines is 1. The van der Waals surface area contributed by atoms with E-state index in [9.17, 15) is 13.2 Å². The van der Waals surface area contributed by atoms with Gasteiger partial charge in [-0.25, -0.2) is 13.2 Å². The van der Waals surface area contributed by atoms with Gasteiger partial charge >= 0.3 is 5.97 Å². The summed E-state index contributed by atoms with van der Waals surface area (Å²) in [7, 11) is -2.43. The molecule has 5 nitrogen and oxygen atoms in total. The Labute approximate surface area is 92.4 Å². The van der Waals surface area contributed by atoms with Crippen LogP contribution in [0.15, 0.2) is 28.5 Å². The number of benzene rings is 1. The zero-order chi connectivity index (χ0) is 11.9. The minimum Gasteiger partial charge on any atom is -0.465 e. The van der Waals surface area contributed by atoms with Gasteiger partial charge in [0.1, 0.15) is 4.90 Å². The van der Waals surface area contributed by atoms with Gasteiger partial charge in [-0.3, -0.25) is 0 Å². The van der Waals surface area contributed by atoms with E-state index in [0.717, 1.165) is 5.41 Å². The Morgan fingerprint density at radius 2 is 2.06 bits per heavy atom. The lowest BCUT2D eigenvalue weighted by molar-refractivity contribution is -0.133. The van der Waals surface area contributed by atoms with Crippen molar-refractivity contribution in [3.05, 3.63) is 29.2 Å². The fraction of sp³-hybridized carbons (Fsp3) is 0.100. The molecule has 1 aromatic carbocycles. The number of hydrogen-bond donors (Lipinski definition) is 1. The van der Waals surface area contributed by atoms with Crippen molar-refractivity contribution in [2.24, 2.45) is 0 Å². The lowest BCUT2D eigenvalue weighted by Crippen LogP contribution is -2.03. The zero-order valence-corrected chi connectivity index (χ0v) is 9.24. The van der Waals surface area contributed by atoms with Crippen LogP contribution in [0.4, 0.5) is 5.69 Å². The summed E-state index contributed by atoms with van der Waals surface area (Å²) >= 11 is 0. The summed E-state index contributed by atoms with van der Waals surface area (Å²) < 4.78 is 28.0. The molecule has 0 bridgehead atoms. The molecule has 0 fully saturated rings. The first kappa shape index (κ1) is 10.7. The molecule has 0 aliphatic carbocycles. The predicted molar refractivity (Wildman–Crippen MR) is 58.0 cm³/mol. The van der Waals surface area contributed by atoms with Gasteiger partial charge in [0.25, 0.3) is 0 Å². The van der Waals surface area contributed by atoms with Crippen molar-refractivity contribution in [1.29, 1.82) is 0 Å². The Bertz CT molecular complexity index is 601. The summed E-state index contributed by atoms with van der Waals surface area (Å²) in [6, 6.07) is 4.59. The lowest BCUT2D eigenvalue weighted by Gasteiger charge is -2.04. The molecule has 6 heteroatoms. The number of nitrogen functional groups attached to an aromatic ring is 1. The molecule has 1 aliphatic heterocycles. The highest BCUT2D eigenvalue weighted by molar-refractivity contribution is 7.95. The smallest absolute Gasteiger partial charge is 0.339 e. The lowest BCUT2D eigenvalue weighted by atomic mass is 10.1. The van der Waals surface area contributed by atoms with Crippen LogP contribution in [0, 0.1) is 0 Å². The van der Waals surface area contributed by atoms with Crippen molar-refractivity contribution in [1.82, 2.24) is 0 Å². The van der Waals surface area contributed by atoms with Crippen LogP contribution < -0.4 is 5.73 Å². The summed E-state index contributed by atoms with van der Waals surface area (Å²) in [5.41, 5.74) is 6.04. The van der Waals surface area contributed by atoms with Crippen LogP contribution in [0.1, 0.15) is 5.56 Å². The van der Waals surface area contributed by atoms with E-state index in [1.54, 1.807) is 6.07 Å². The third kappa shape index (κ3) is 1.38. The van der Waals surface area contributed by atoms with Gasteiger partial charge in [0.15, 0.2) is 0 Å². The molecule has 0 radical (unpaired) electrons. The van der Waals surface area contributed by atoms with Crippen molar-refractivity contribution < 1.29 is 17.9 Å². The third-order valence-corrected chi connectivity index (χ3v) is 3.87. The Morgan fingerprint density at radius 3 is 2.69 bits per heavy atom. The monoisotopic (exact) mass is 239 g/mol. The molecular weight excluding hydrogens is 230 g/mol. The second-order valence-electron chi connectivity index (χ2n) is 3.29. The van der Waals surface area contributed by atoms with Gasteiger partial charge < -0.3 is 10.5 Å². The quantitative estimate of drug-likeness (QED) is 0.572. The van der Waals surface area contributed by atoms with Crippen LogP contribution in [0.2, 0.25) is 0 Å². The maximum Gasteiger partial charge on any atom is 0.339 e. The third-order valence-electron chi connectivity index (χ3n) is 2.30. The summed E-state index contributed by atoms with van der Waals surface area (Å²) in [5.74, 6) is -0.687. The number of esters is 1. The van der Waals surface area contributed by atoms with E-state index in [0.29, 0.717) is 5.56 Å². The summed E-state index contributed by atoms with van der Waals surface area (Å²) in [4.78, 5) is 11.4. The number of hydrogen-bond acceptors (Lipinski definition) is 5. The van der Waals surface area contributed by atoms with Crippen LogP contribution in [-0.4, -0.2) is 21.5 Å². The van der Waals surface area contributed by atoms with Crippen LogP contribution in [0.3, 0.4) is 0 Å². The first-order valence-electron chi connectivity index (χ1n) is 4.41. The van der Waals surface area contributed by atoms with Crippen molar-refractivity contribution in [3.8, 4) is 0 Å². The molecule has 1 aromatic rings. The Hall–Kier alpha value is -1.82. The van der Waals surface area contributed by atoms with E-state index in [1.165, 1.54) is 19.2 Å². The van der Waals surface area contributed by atoms with Crippen LogP contribution in [0.5, 0.6) is 0 Å². The zero-order valence-electron chi connectivity index (χ0n) is 8.43. The van der Waals surface area contributed by atoms with Gasteiger partial charge in [-0.15, -0.1) is 0 Å². The van der Waals surface area contributed by atoms with E-state index >= 15 is 0 Å². The average molecular weight is 239 g/mol. The molecule has 1 aliphatic rings. The van der Waals surface area contributed by atoms with E-state index in [4.69, 9.17) is 5.73 Å². The number of ether oxygens (including phenoxy) is 1. The average Bonchev–Trinajstić information content (AvgIpc) is 2.51. The maximum atomic E-state index is 11.7. The summed E-state index contributed by atoms with van der Waals surface area (Å²) in [5, 5.41) is 0.889. The molecule has 16 heavy (non-hydrogen) atoms. The number of rotatable bonds is 1. The molecule has 2 rings (SSSR count). The molecular formula is C10H9NO4S. The minimum atomic E-state index is -3.63. The topological polar surface area (TPSA) is 86.5 Å². The number of sulfone groups is 1. The Kier molecular flexibility index (Phi) is 2.23. The van der Waals surface area contributed by atoms with Crippen molar-refractivity contribution in [3.63, 3.8) is 0 Å². The molecule has 0 spiro atoms. The first-order chi connectivity index (χ1) is 7.47. The highest BCUT2D eigenvalue weighted by atomic mass is 32.2. The molecule has 0 unspecified atom stereocenters. The molecule has 0 saturated carbocycles. The van der Waals surface area contributed by atoms with Gasteiger partial charge in [0.05, 0.1) is 23.8 Å². The van der Waals surface area contributed by atoms with Crippen molar-refractivity contribution in [2.45, 2.75) is 4.90 Å². The van der Waals surface area contributed by atoms with Gasteiger partial charge in [-0.1, -0.05) is 12.1 Å². The number of carbonyl (C=O) groups is 1. The number of fused-ring (bicyclic) bond motifs is 1. The molecule has 2 N–H and O–H groups in total. The number of nitrogens with two attached hydrogens (primary N) is 1. The van der Waals surface area contributed by atoms with Crippen LogP contribution >= 0.6 is 0 Å². The second-order valence-corrected chi connectivity index (χ2v) is 5.03. The van der Waals surface area contributed by atoms with Gasteiger partial charge in [-0.2, -0.15) is 0 Å². The van der Waals surface area contributed by atoms with Crippen molar-refractivity contribution in [2.75, 3.05) is 12.8 Å². The largest absolute Gasteiger partial charge is 0.465 e. The number of methoxy groups -OCH3 is 1. The number of carbonyl (C=O) groups excluding carboxylic acids is 1. The van der Waals surface area contributed by atoms with Gasteiger partial charge in [0.2, 0.25) is 9.84 Å². The maximum absolute atomic E-state index is 11.7. The second kappa shape index (κ2) is 3.34. The standard InChI is InChI=1S/C10H9NO4S/c1-15-10(12)7-5-16(13,14)9-6(7)3-2-4-8(9)11/h2-5H,11H2,1H3. The summed E-state index contributed by atoms with van der Waals surface area (Å²) in [6.07, 6.45) is 0. The normalized spacial score (nSPS) is 16.4. The van der Waals surface area contributed by atoms with E-state index in [-0.39, 0.29) is 16.2 Å². The van der Waals surface area contributed by atoms with E-state index in [2.05, 4.69) is 4.74 Å². The van der Waals surface area contributed by atoms with Crippen LogP contribution in [0.25, 0.3) is 5.57 Å². The van der Waals surface area contributed by atoms with Crippen molar-refractivity contribution >= 4 is 27.1 Å². The highest BCUT2D eigenvalue weighted by Crippen LogP contribution is 2.37. The fourth-order valence-electron chi connectivity index (χ4n) is 1.63. The summed E-state index contributed by atoms with van der Waals surface area (Å²) in [6.45, 7) is 0. The Morgan fingerprint density at radius 1 is 1.38 bits per heavy atom. The van der Waals surface area contributed by atoms with Crippen LogP contribution in [-0.2, 0) is 19.4 Å². The predicted octanol–water partition coefficient (Wildman–Crippen LogP) is 0.570. The Balaban J connectivity index is 2.75.